The lowest BCUT2D eigenvalue weighted by atomic mass is 9.95. The number of aromatic amines is 1. The molecule has 9 heteroatoms. The van der Waals surface area contributed by atoms with Gasteiger partial charge in [0.05, 0.1) is 34.8 Å². The number of thiazole rings is 1. The minimum atomic E-state index is -0.0703. The number of fused-ring (bicyclic) bond motifs is 2. The number of nitrogens with one attached hydrogen (secondary N) is 2. The minimum absolute atomic E-state index is 0.0240. The Labute approximate surface area is 225 Å². The van der Waals surface area contributed by atoms with E-state index >= 15 is 0 Å². The highest BCUT2D eigenvalue weighted by Crippen LogP contribution is 2.35. The summed E-state index contributed by atoms with van der Waals surface area (Å²) in [6.07, 6.45) is 11.2. The Bertz CT molecular complexity index is 1640. The highest BCUT2D eigenvalue weighted by molar-refractivity contribution is 7.13. The topological polar surface area (TPSA) is 101 Å². The quantitative estimate of drug-likeness (QED) is 0.281. The van der Waals surface area contributed by atoms with E-state index in [0.717, 1.165) is 64.2 Å². The third kappa shape index (κ3) is 4.62. The summed E-state index contributed by atoms with van der Waals surface area (Å²) >= 11 is 1.48. The van der Waals surface area contributed by atoms with E-state index in [2.05, 4.69) is 75.4 Å². The van der Waals surface area contributed by atoms with Crippen LogP contribution in [0.4, 0.5) is 0 Å². The lowest BCUT2D eigenvalue weighted by Gasteiger charge is -2.20. The Morgan fingerprint density at radius 1 is 1.11 bits per heavy atom. The Hall–Kier alpha value is -3.85. The Kier molecular flexibility index (Phi) is 6.10. The van der Waals surface area contributed by atoms with E-state index in [1.165, 1.54) is 22.5 Å². The molecular weight excluding hydrogens is 494 g/mol. The van der Waals surface area contributed by atoms with Crippen molar-refractivity contribution in [3.63, 3.8) is 0 Å². The van der Waals surface area contributed by atoms with Crippen molar-refractivity contribution in [2.45, 2.75) is 57.9 Å². The van der Waals surface area contributed by atoms with Crippen molar-refractivity contribution in [3.05, 3.63) is 70.2 Å². The van der Waals surface area contributed by atoms with E-state index < -0.39 is 0 Å². The maximum absolute atomic E-state index is 13.2. The third-order valence-electron chi connectivity index (χ3n) is 7.10. The highest BCUT2D eigenvalue weighted by atomic mass is 32.1. The molecule has 1 aliphatic rings. The number of aryl methyl sites for hydroxylation is 2. The average Bonchev–Trinajstić information content (AvgIpc) is 3.62. The van der Waals surface area contributed by atoms with Gasteiger partial charge < -0.3 is 10.3 Å². The maximum Gasteiger partial charge on any atom is 0.263 e. The number of H-pyrrole nitrogens is 1. The molecule has 38 heavy (non-hydrogen) atoms. The molecule has 1 unspecified atom stereocenters. The molecule has 1 aromatic carbocycles. The lowest BCUT2D eigenvalue weighted by Crippen LogP contribution is -2.28. The Morgan fingerprint density at radius 2 is 1.97 bits per heavy atom. The zero-order valence-electron chi connectivity index (χ0n) is 22.1. The van der Waals surface area contributed by atoms with Crippen LogP contribution in [-0.4, -0.2) is 35.6 Å². The van der Waals surface area contributed by atoms with Crippen molar-refractivity contribution in [3.8, 4) is 22.5 Å². The van der Waals surface area contributed by atoms with Gasteiger partial charge in [0.15, 0.2) is 0 Å². The normalized spacial score (nSPS) is 15.8. The van der Waals surface area contributed by atoms with Crippen LogP contribution < -0.4 is 5.32 Å². The molecule has 1 aliphatic carbocycles. The van der Waals surface area contributed by atoms with Crippen LogP contribution in [0.1, 0.15) is 71.9 Å². The summed E-state index contributed by atoms with van der Waals surface area (Å²) in [6.45, 7) is 6.35. The molecule has 1 atom stereocenters. The van der Waals surface area contributed by atoms with Gasteiger partial charge in [0.25, 0.3) is 5.91 Å². The molecule has 4 heterocycles. The molecule has 0 radical (unpaired) electrons. The number of amides is 1. The molecule has 1 amide bonds. The first-order chi connectivity index (χ1) is 18.3. The van der Waals surface area contributed by atoms with Gasteiger partial charge in [0.2, 0.25) is 0 Å². The van der Waals surface area contributed by atoms with E-state index in [0.29, 0.717) is 4.88 Å². The van der Waals surface area contributed by atoms with E-state index in [1.54, 1.807) is 17.2 Å². The Morgan fingerprint density at radius 3 is 2.74 bits per heavy atom. The zero-order valence-corrected chi connectivity index (χ0v) is 22.9. The van der Waals surface area contributed by atoms with Crippen LogP contribution in [0.5, 0.6) is 0 Å². The van der Waals surface area contributed by atoms with Gasteiger partial charge >= 0.3 is 0 Å². The van der Waals surface area contributed by atoms with Gasteiger partial charge in [-0.15, -0.1) is 11.3 Å². The SMILES string of the molecule is Cn1cc(-c2cc3c(-c4ccc5c(c4)CCCCC5NC(=O)c4cnc(C(C)(C)C)s4)ncnc3[nH]2)cn1. The molecule has 0 bridgehead atoms. The summed E-state index contributed by atoms with van der Waals surface area (Å²) in [5.41, 5.74) is 7.10. The van der Waals surface area contributed by atoms with Gasteiger partial charge in [-0.2, -0.15) is 5.10 Å². The van der Waals surface area contributed by atoms with Crippen LogP contribution in [-0.2, 0) is 18.9 Å². The highest BCUT2D eigenvalue weighted by Gasteiger charge is 2.25. The van der Waals surface area contributed by atoms with Crippen LogP contribution in [0.2, 0.25) is 0 Å². The fraction of sp³-hybridized carbons (Fsp3) is 0.345. The summed E-state index contributed by atoms with van der Waals surface area (Å²) < 4.78 is 1.79. The zero-order chi connectivity index (χ0) is 26.4. The summed E-state index contributed by atoms with van der Waals surface area (Å²) in [5, 5.41) is 9.54. The number of aromatic nitrogens is 6. The smallest absolute Gasteiger partial charge is 0.263 e. The number of carbonyl (C=O) groups is 1. The van der Waals surface area contributed by atoms with Gasteiger partial charge in [-0.3, -0.25) is 9.48 Å². The molecule has 0 aliphatic heterocycles. The van der Waals surface area contributed by atoms with Crippen molar-refractivity contribution in [1.29, 1.82) is 0 Å². The number of carbonyl (C=O) groups excluding carboxylic acids is 1. The number of rotatable bonds is 4. The first-order valence-electron chi connectivity index (χ1n) is 13.0. The third-order valence-corrected chi connectivity index (χ3v) is 8.52. The van der Waals surface area contributed by atoms with E-state index in [1.807, 2.05) is 19.4 Å². The van der Waals surface area contributed by atoms with E-state index in [-0.39, 0.29) is 17.4 Å². The van der Waals surface area contributed by atoms with Crippen LogP contribution in [0, 0.1) is 0 Å². The molecular formula is C29H31N7OS. The molecule has 0 fully saturated rings. The lowest BCUT2D eigenvalue weighted by molar-refractivity contribution is 0.0938. The monoisotopic (exact) mass is 525 g/mol. The number of hydrogen-bond donors (Lipinski definition) is 2. The molecule has 0 saturated carbocycles. The number of nitrogens with zero attached hydrogens (tertiary/aromatic N) is 5. The number of hydrogen-bond acceptors (Lipinski definition) is 6. The first-order valence-corrected chi connectivity index (χ1v) is 13.8. The van der Waals surface area contributed by atoms with Crippen molar-refractivity contribution in [2.75, 3.05) is 0 Å². The Balaban J connectivity index is 1.31. The summed E-state index contributed by atoms with van der Waals surface area (Å²) in [4.78, 5) is 30.9. The predicted octanol–water partition coefficient (Wildman–Crippen LogP) is 5.98. The standard InChI is InChI=1S/C29H31N7OS/c1-29(2,3)28-30-14-24(38-28)27(37)35-22-8-6-5-7-17-11-18(9-10-20(17)22)25-21-12-23(19-13-33-36(4)15-19)34-26(21)32-16-31-25/h9-16,22H,5-8H2,1-4H3,(H,35,37)(H,31,32,34). The van der Waals surface area contributed by atoms with Crippen molar-refractivity contribution < 1.29 is 4.79 Å². The summed E-state index contributed by atoms with van der Waals surface area (Å²) in [7, 11) is 1.91. The predicted molar refractivity (Wildman–Crippen MR) is 150 cm³/mol. The van der Waals surface area contributed by atoms with Gasteiger partial charge in [0.1, 0.15) is 16.9 Å². The van der Waals surface area contributed by atoms with Crippen molar-refractivity contribution in [2.24, 2.45) is 7.05 Å². The van der Waals surface area contributed by atoms with Crippen molar-refractivity contribution in [1.82, 2.24) is 35.0 Å². The molecule has 0 spiro atoms. The molecule has 4 aromatic heterocycles. The molecule has 2 N–H and O–H groups in total. The maximum atomic E-state index is 13.2. The number of benzene rings is 1. The van der Waals surface area contributed by atoms with E-state index in [9.17, 15) is 4.79 Å². The largest absolute Gasteiger partial charge is 0.344 e. The molecule has 194 valence electrons. The second-order valence-corrected chi connectivity index (χ2v) is 12.1. The molecule has 6 rings (SSSR count). The average molecular weight is 526 g/mol. The first kappa shape index (κ1) is 24.5. The van der Waals surface area contributed by atoms with Crippen LogP contribution in [0.3, 0.4) is 0 Å². The second-order valence-electron chi connectivity index (χ2n) is 11.0. The minimum Gasteiger partial charge on any atom is -0.344 e. The summed E-state index contributed by atoms with van der Waals surface area (Å²) in [6, 6.07) is 8.59. The van der Waals surface area contributed by atoms with Crippen LogP contribution in [0.25, 0.3) is 33.5 Å². The van der Waals surface area contributed by atoms with Crippen molar-refractivity contribution >= 4 is 28.3 Å². The molecule has 8 nitrogen and oxygen atoms in total. The fourth-order valence-corrected chi connectivity index (χ4v) is 6.00. The molecule has 0 saturated heterocycles. The van der Waals surface area contributed by atoms with Gasteiger partial charge in [-0.05, 0) is 42.5 Å². The van der Waals surface area contributed by atoms with Gasteiger partial charge in [0, 0.05) is 35.2 Å². The molecule has 5 aromatic rings. The van der Waals surface area contributed by atoms with E-state index in [4.69, 9.17) is 0 Å². The fourth-order valence-electron chi connectivity index (χ4n) is 5.12. The van der Waals surface area contributed by atoms with Gasteiger partial charge in [-0.1, -0.05) is 39.3 Å². The van der Waals surface area contributed by atoms with Gasteiger partial charge in [-0.25, -0.2) is 15.0 Å². The van der Waals surface area contributed by atoms with Crippen LogP contribution in [0.15, 0.2) is 49.2 Å². The van der Waals surface area contributed by atoms with Crippen LogP contribution >= 0.6 is 11.3 Å². The summed E-state index contributed by atoms with van der Waals surface area (Å²) in [5.74, 6) is -0.0484. The second kappa shape index (κ2) is 9.47.